The Kier molecular flexibility index (Phi) is 7.36. The van der Waals surface area contributed by atoms with Crippen molar-refractivity contribution in [3.05, 3.63) is 23.8 Å². The Balaban J connectivity index is 1.86. The fourth-order valence-electron chi connectivity index (χ4n) is 2.79. The number of hydrogen-bond donors (Lipinski definition) is 1. The van der Waals surface area contributed by atoms with E-state index in [1.807, 2.05) is 19.1 Å². The zero-order valence-corrected chi connectivity index (χ0v) is 16.3. The van der Waals surface area contributed by atoms with Crippen molar-refractivity contribution in [3.8, 4) is 11.5 Å². The lowest BCUT2D eigenvalue weighted by Crippen LogP contribution is -2.42. The number of ether oxygens (including phenoxy) is 2. The van der Waals surface area contributed by atoms with E-state index in [9.17, 15) is 19.2 Å². The normalized spacial score (nSPS) is 13.9. The van der Waals surface area contributed by atoms with Crippen LogP contribution in [0.15, 0.2) is 18.2 Å². The molecule has 1 heterocycles. The molecule has 0 aliphatic carbocycles. The van der Waals surface area contributed by atoms with Crippen molar-refractivity contribution in [2.45, 2.75) is 26.2 Å². The van der Waals surface area contributed by atoms with Gasteiger partial charge in [0.15, 0.2) is 11.5 Å². The van der Waals surface area contributed by atoms with Crippen LogP contribution in [0.4, 0.5) is 4.79 Å². The van der Waals surface area contributed by atoms with Gasteiger partial charge in [0.1, 0.15) is 6.54 Å². The number of amides is 5. The minimum absolute atomic E-state index is 0.178. The van der Waals surface area contributed by atoms with Crippen LogP contribution in [0.2, 0.25) is 0 Å². The van der Waals surface area contributed by atoms with Crippen molar-refractivity contribution in [3.63, 3.8) is 0 Å². The number of imide groups is 2. The molecule has 5 amide bonds. The monoisotopic (exact) mass is 391 g/mol. The SMILES string of the molecule is CCCCN1C(=O)C(=O)N(CC(=O)NCCc2ccc(OC)c(OC)c2)C1=O. The fraction of sp³-hybridized carbons (Fsp3) is 0.474. The van der Waals surface area contributed by atoms with Gasteiger partial charge in [0.05, 0.1) is 14.2 Å². The summed E-state index contributed by atoms with van der Waals surface area (Å²) in [6, 6.07) is 4.70. The number of hydrogen-bond acceptors (Lipinski definition) is 6. The van der Waals surface area contributed by atoms with Gasteiger partial charge in [-0.3, -0.25) is 19.3 Å². The number of carbonyl (C=O) groups is 4. The molecule has 1 fully saturated rings. The van der Waals surface area contributed by atoms with E-state index in [4.69, 9.17) is 9.47 Å². The molecule has 1 aliphatic rings. The maximum atomic E-state index is 12.2. The molecule has 0 saturated carbocycles. The van der Waals surface area contributed by atoms with E-state index in [0.29, 0.717) is 35.8 Å². The molecule has 0 spiro atoms. The number of carbonyl (C=O) groups excluding carboxylic acids is 4. The fourth-order valence-corrected chi connectivity index (χ4v) is 2.79. The molecular weight excluding hydrogens is 366 g/mol. The summed E-state index contributed by atoms with van der Waals surface area (Å²) >= 11 is 0. The van der Waals surface area contributed by atoms with Gasteiger partial charge in [0.25, 0.3) is 0 Å². The van der Waals surface area contributed by atoms with Crippen LogP contribution in [0.5, 0.6) is 11.5 Å². The van der Waals surface area contributed by atoms with E-state index in [-0.39, 0.29) is 6.54 Å². The Labute approximate surface area is 163 Å². The van der Waals surface area contributed by atoms with Crippen LogP contribution in [-0.4, -0.2) is 67.4 Å². The van der Waals surface area contributed by atoms with Gasteiger partial charge in [-0.25, -0.2) is 9.69 Å². The molecule has 9 heteroatoms. The van der Waals surface area contributed by atoms with Crippen molar-refractivity contribution in [1.82, 2.24) is 15.1 Å². The molecule has 1 saturated heterocycles. The van der Waals surface area contributed by atoms with E-state index in [1.165, 1.54) is 0 Å². The van der Waals surface area contributed by atoms with Crippen molar-refractivity contribution < 1.29 is 28.7 Å². The van der Waals surface area contributed by atoms with Crippen molar-refractivity contribution in [1.29, 1.82) is 0 Å². The number of rotatable bonds is 10. The largest absolute Gasteiger partial charge is 0.493 e. The van der Waals surface area contributed by atoms with E-state index < -0.39 is 30.3 Å². The number of benzene rings is 1. The van der Waals surface area contributed by atoms with Gasteiger partial charge in [-0.15, -0.1) is 0 Å². The number of nitrogens with zero attached hydrogens (tertiary/aromatic N) is 2. The molecule has 0 aromatic heterocycles. The third kappa shape index (κ3) is 4.79. The topological polar surface area (TPSA) is 105 Å². The third-order valence-corrected chi connectivity index (χ3v) is 4.36. The first-order valence-corrected chi connectivity index (χ1v) is 9.07. The molecule has 152 valence electrons. The standard InChI is InChI=1S/C19H25N3O6/c1-4-5-10-21-17(24)18(25)22(19(21)26)12-16(23)20-9-8-13-6-7-14(27-2)15(11-13)28-3/h6-7,11H,4-5,8-10,12H2,1-3H3,(H,20,23). The Morgan fingerprint density at radius 2 is 1.71 bits per heavy atom. The highest BCUT2D eigenvalue weighted by molar-refractivity contribution is 6.45. The number of methoxy groups -OCH3 is 2. The lowest BCUT2D eigenvalue weighted by atomic mass is 10.1. The van der Waals surface area contributed by atoms with Crippen molar-refractivity contribution >= 4 is 23.8 Å². The first-order chi connectivity index (χ1) is 13.4. The van der Waals surface area contributed by atoms with E-state index in [1.54, 1.807) is 20.3 Å². The maximum Gasteiger partial charge on any atom is 0.334 e. The predicted molar refractivity (Wildman–Crippen MR) is 100.0 cm³/mol. The summed E-state index contributed by atoms with van der Waals surface area (Å²) < 4.78 is 10.4. The highest BCUT2D eigenvalue weighted by Crippen LogP contribution is 2.27. The molecule has 0 bridgehead atoms. The average molecular weight is 391 g/mol. The Hall–Kier alpha value is -3.10. The van der Waals surface area contributed by atoms with Crippen molar-refractivity contribution in [2.24, 2.45) is 0 Å². The second-order valence-corrected chi connectivity index (χ2v) is 6.27. The van der Waals surface area contributed by atoms with Gasteiger partial charge in [-0.1, -0.05) is 19.4 Å². The molecule has 1 N–H and O–H groups in total. The Bertz CT molecular complexity index is 764. The average Bonchev–Trinajstić information content (AvgIpc) is 2.89. The maximum absolute atomic E-state index is 12.2. The van der Waals surface area contributed by atoms with Crippen LogP contribution in [0.25, 0.3) is 0 Å². The number of unbranched alkanes of at least 4 members (excludes halogenated alkanes) is 1. The quantitative estimate of drug-likeness (QED) is 0.470. The van der Waals surface area contributed by atoms with Crippen LogP contribution in [-0.2, 0) is 20.8 Å². The Morgan fingerprint density at radius 3 is 2.36 bits per heavy atom. The molecule has 28 heavy (non-hydrogen) atoms. The van der Waals surface area contributed by atoms with E-state index in [2.05, 4.69) is 5.32 Å². The molecule has 1 aromatic carbocycles. The van der Waals surface area contributed by atoms with Crippen LogP contribution in [0, 0.1) is 0 Å². The molecule has 1 aromatic rings. The summed E-state index contributed by atoms with van der Waals surface area (Å²) in [6.45, 7) is 1.92. The number of urea groups is 1. The zero-order valence-electron chi connectivity index (χ0n) is 16.3. The van der Waals surface area contributed by atoms with Gasteiger partial charge in [-0.05, 0) is 30.5 Å². The lowest BCUT2D eigenvalue weighted by Gasteiger charge is -2.15. The minimum atomic E-state index is -0.962. The number of nitrogens with one attached hydrogen (secondary N) is 1. The second kappa shape index (κ2) is 9.72. The van der Waals surface area contributed by atoms with Crippen LogP contribution in [0.1, 0.15) is 25.3 Å². The lowest BCUT2D eigenvalue weighted by molar-refractivity contribution is -0.144. The summed E-state index contributed by atoms with van der Waals surface area (Å²) in [5.74, 6) is -1.15. The molecule has 0 radical (unpaired) electrons. The highest BCUT2D eigenvalue weighted by atomic mass is 16.5. The van der Waals surface area contributed by atoms with Gasteiger partial charge >= 0.3 is 17.8 Å². The predicted octanol–water partition coefficient (Wildman–Crippen LogP) is 0.953. The van der Waals surface area contributed by atoms with Gasteiger partial charge < -0.3 is 14.8 Å². The van der Waals surface area contributed by atoms with Crippen molar-refractivity contribution in [2.75, 3.05) is 33.9 Å². The first-order valence-electron chi connectivity index (χ1n) is 9.07. The molecular formula is C19H25N3O6. The van der Waals surface area contributed by atoms with Crippen LogP contribution < -0.4 is 14.8 Å². The molecule has 1 aliphatic heterocycles. The van der Waals surface area contributed by atoms with Crippen LogP contribution in [0.3, 0.4) is 0 Å². The third-order valence-electron chi connectivity index (χ3n) is 4.36. The van der Waals surface area contributed by atoms with Crippen LogP contribution >= 0.6 is 0 Å². The molecule has 0 atom stereocenters. The van der Waals surface area contributed by atoms with Gasteiger partial charge in [0, 0.05) is 13.1 Å². The molecule has 0 unspecified atom stereocenters. The first kappa shape index (κ1) is 21.2. The summed E-state index contributed by atoms with van der Waals surface area (Å²) in [6.07, 6.45) is 1.91. The van der Waals surface area contributed by atoms with Gasteiger partial charge in [0.2, 0.25) is 5.91 Å². The summed E-state index contributed by atoms with van der Waals surface area (Å²) in [5.41, 5.74) is 0.923. The zero-order chi connectivity index (χ0) is 20.7. The molecule has 9 nitrogen and oxygen atoms in total. The smallest absolute Gasteiger partial charge is 0.334 e. The van der Waals surface area contributed by atoms with E-state index in [0.717, 1.165) is 16.9 Å². The minimum Gasteiger partial charge on any atom is -0.493 e. The Morgan fingerprint density at radius 1 is 1.04 bits per heavy atom. The molecule has 2 rings (SSSR count). The van der Waals surface area contributed by atoms with E-state index >= 15 is 0 Å². The summed E-state index contributed by atoms with van der Waals surface area (Å²) in [7, 11) is 3.09. The second-order valence-electron chi connectivity index (χ2n) is 6.27. The highest BCUT2D eigenvalue weighted by Gasteiger charge is 2.44. The summed E-state index contributed by atoms with van der Waals surface area (Å²) in [5, 5.41) is 2.65. The summed E-state index contributed by atoms with van der Waals surface area (Å²) in [4.78, 5) is 49.7. The van der Waals surface area contributed by atoms with Gasteiger partial charge in [-0.2, -0.15) is 0 Å².